The monoisotopic (exact) mass is 634 g/mol. The first kappa shape index (κ1) is 32.3. The molecule has 0 aliphatic heterocycles. The van der Waals surface area contributed by atoms with E-state index in [1.807, 2.05) is 62.4 Å². The van der Waals surface area contributed by atoms with E-state index < -0.39 is 46.2 Å². The summed E-state index contributed by atoms with van der Waals surface area (Å²) in [7, 11) is -8.99. The standard InChI is InChI=1S/C30H35O11PS/c1-3-10-24-26(40-29(31)38-24)19-42(33,20-27-25(11-4-2)39-30(32)41-27)28(43(34,35)36)17-9-13-21-12-8-16-23(18-21)37-22-14-6-5-7-15-22/h5-8,12,14-16,18,28H,3-4,9-11,13,17,19-20H2,1-2H3,(H,34,35,36)/t28-/m0/s1. The van der Waals surface area contributed by atoms with Crippen molar-refractivity contribution in [2.24, 2.45) is 0 Å². The van der Waals surface area contributed by atoms with Gasteiger partial charge >= 0.3 is 11.6 Å². The van der Waals surface area contributed by atoms with Gasteiger partial charge in [0.05, 0.1) is 12.3 Å². The van der Waals surface area contributed by atoms with E-state index in [1.165, 1.54) is 0 Å². The molecule has 0 amide bonds. The zero-order valence-corrected chi connectivity index (χ0v) is 25.7. The van der Waals surface area contributed by atoms with Gasteiger partial charge in [0.2, 0.25) is 0 Å². The number of hydrogen-bond donors (Lipinski definition) is 1. The summed E-state index contributed by atoms with van der Waals surface area (Å²) in [6, 6.07) is 16.5. The molecule has 11 nitrogen and oxygen atoms in total. The van der Waals surface area contributed by atoms with E-state index >= 15 is 0 Å². The Morgan fingerprint density at radius 3 is 1.84 bits per heavy atom. The minimum absolute atomic E-state index is 0.0579. The van der Waals surface area contributed by atoms with Crippen LogP contribution in [-0.2, 0) is 46.3 Å². The molecular formula is C30H35O11PS. The third-order valence-corrected chi connectivity index (χ3v) is 12.7. The van der Waals surface area contributed by atoms with E-state index in [-0.39, 0.29) is 35.9 Å². The van der Waals surface area contributed by atoms with Gasteiger partial charge < -0.3 is 27.0 Å². The van der Waals surface area contributed by atoms with Gasteiger partial charge in [0, 0.05) is 12.8 Å². The summed E-state index contributed by atoms with van der Waals surface area (Å²) in [4.78, 5) is 22.1. The fourth-order valence-electron chi connectivity index (χ4n) is 4.99. The molecule has 0 spiro atoms. The van der Waals surface area contributed by atoms with Gasteiger partial charge in [-0.2, -0.15) is 8.42 Å². The minimum atomic E-state index is -4.89. The molecule has 1 N–H and O–H groups in total. The van der Waals surface area contributed by atoms with Crippen molar-refractivity contribution in [2.45, 2.75) is 76.1 Å². The van der Waals surface area contributed by atoms with Crippen molar-refractivity contribution in [1.82, 2.24) is 0 Å². The zero-order chi connectivity index (χ0) is 31.0. The Morgan fingerprint density at radius 2 is 1.30 bits per heavy atom. The Balaban J connectivity index is 1.62. The largest absolute Gasteiger partial charge is 0.519 e. The molecule has 13 heteroatoms. The van der Waals surface area contributed by atoms with Crippen LogP contribution in [0, 0.1) is 0 Å². The van der Waals surface area contributed by atoms with E-state index in [0.29, 0.717) is 43.6 Å². The van der Waals surface area contributed by atoms with Crippen LogP contribution in [0.25, 0.3) is 0 Å². The summed E-state index contributed by atoms with van der Waals surface area (Å²) in [5.41, 5.74) is 0.842. The number of hydrogen-bond acceptors (Lipinski definition) is 10. The highest BCUT2D eigenvalue weighted by Crippen LogP contribution is 2.60. The van der Waals surface area contributed by atoms with E-state index in [1.54, 1.807) is 6.07 Å². The topological polar surface area (TPSA) is 167 Å². The summed E-state index contributed by atoms with van der Waals surface area (Å²) in [5, 5.41) is 0. The summed E-state index contributed by atoms with van der Waals surface area (Å²) in [6.45, 7) is 3.68. The van der Waals surface area contributed by atoms with Crippen molar-refractivity contribution in [3.05, 3.63) is 104 Å². The highest BCUT2D eigenvalue weighted by molar-refractivity contribution is 7.95. The molecule has 0 bridgehead atoms. The molecule has 0 fully saturated rings. The second kappa shape index (κ2) is 14.2. The van der Waals surface area contributed by atoms with Crippen molar-refractivity contribution < 1.29 is 39.9 Å². The molecule has 232 valence electrons. The van der Waals surface area contributed by atoms with E-state index in [4.69, 9.17) is 22.4 Å². The summed E-state index contributed by atoms with van der Waals surface area (Å²) in [6.07, 6.45) is 1.17. The van der Waals surface area contributed by atoms with Crippen molar-refractivity contribution in [1.29, 1.82) is 0 Å². The maximum Gasteiger partial charge on any atom is 0.519 e. The van der Waals surface area contributed by atoms with Gasteiger partial charge in [-0.05, 0) is 61.9 Å². The van der Waals surface area contributed by atoms with Crippen LogP contribution in [0.2, 0.25) is 0 Å². The van der Waals surface area contributed by atoms with Crippen molar-refractivity contribution >= 4 is 17.3 Å². The average molecular weight is 635 g/mol. The molecule has 2 aromatic heterocycles. The molecule has 4 aromatic rings. The summed E-state index contributed by atoms with van der Waals surface area (Å²) >= 11 is 0. The highest BCUT2D eigenvalue weighted by atomic mass is 32.2. The first-order chi connectivity index (χ1) is 20.5. The molecule has 0 saturated heterocycles. The van der Waals surface area contributed by atoms with Gasteiger partial charge in [-0.3, -0.25) is 4.55 Å². The van der Waals surface area contributed by atoms with Crippen LogP contribution in [0.1, 0.15) is 68.1 Å². The highest BCUT2D eigenvalue weighted by Gasteiger charge is 2.44. The minimum Gasteiger partial charge on any atom is -0.457 e. The Labute approximate surface area is 249 Å². The molecular weight excluding hydrogens is 599 g/mol. The first-order valence-corrected chi connectivity index (χ1v) is 17.7. The lowest BCUT2D eigenvalue weighted by Crippen LogP contribution is -2.23. The van der Waals surface area contributed by atoms with Gasteiger partial charge in [-0.25, -0.2) is 9.59 Å². The van der Waals surface area contributed by atoms with Gasteiger partial charge in [0.25, 0.3) is 10.1 Å². The summed E-state index contributed by atoms with van der Waals surface area (Å²) < 4.78 is 77.3. The predicted molar refractivity (Wildman–Crippen MR) is 159 cm³/mol. The van der Waals surface area contributed by atoms with Crippen LogP contribution in [0.15, 0.2) is 81.9 Å². The van der Waals surface area contributed by atoms with Gasteiger partial charge in [-0.15, -0.1) is 0 Å². The maximum absolute atomic E-state index is 14.8. The van der Waals surface area contributed by atoms with Crippen molar-refractivity contribution in [3.63, 3.8) is 0 Å². The number of para-hydroxylation sites is 1. The summed E-state index contributed by atoms with van der Waals surface area (Å²) in [5.74, 6) is -0.569. The first-order valence-electron chi connectivity index (χ1n) is 14.1. The maximum atomic E-state index is 14.8. The SMILES string of the molecule is CCCc1oc(=O)oc1CP(=O)(Cc1oc(=O)oc1CCC)[C@H](CCCc1cccc(Oc2ccccc2)c1)S(=O)(=O)O. The number of aryl methyl sites for hydroxylation is 3. The molecule has 2 heterocycles. The second-order valence-corrected chi connectivity index (χ2v) is 15.4. The third-order valence-electron chi connectivity index (χ3n) is 6.89. The molecule has 1 atom stereocenters. The number of rotatable bonds is 16. The normalized spacial score (nSPS) is 12.8. The van der Waals surface area contributed by atoms with Gasteiger partial charge in [0.1, 0.15) is 23.6 Å². The van der Waals surface area contributed by atoms with Crippen LogP contribution in [-0.4, -0.2) is 18.0 Å². The Kier molecular flexibility index (Phi) is 10.7. The Hall–Kier alpha value is -3.60. The number of ether oxygens (including phenoxy) is 1. The lowest BCUT2D eigenvalue weighted by atomic mass is 10.1. The smallest absolute Gasteiger partial charge is 0.457 e. The predicted octanol–water partition coefficient (Wildman–Crippen LogP) is 6.78. The van der Waals surface area contributed by atoms with Gasteiger partial charge in [-0.1, -0.05) is 44.2 Å². The quantitative estimate of drug-likeness (QED) is 0.102. The van der Waals surface area contributed by atoms with Crippen LogP contribution in [0.4, 0.5) is 0 Å². The molecule has 43 heavy (non-hydrogen) atoms. The van der Waals surface area contributed by atoms with Gasteiger partial charge in [0.15, 0.2) is 23.0 Å². The van der Waals surface area contributed by atoms with Crippen molar-refractivity contribution in [3.8, 4) is 11.5 Å². The molecule has 0 unspecified atom stereocenters. The van der Waals surface area contributed by atoms with Crippen molar-refractivity contribution in [2.75, 3.05) is 0 Å². The molecule has 2 aromatic carbocycles. The Bertz CT molecular complexity index is 1700. The third kappa shape index (κ3) is 8.72. The van der Waals surface area contributed by atoms with Crippen LogP contribution < -0.4 is 16.4 Å². The molecule has 0 saturated carbocycles. The average Bonchev–Trinajstić information content (AvgIpc) is 3.46. The molecule has 0 radical (unpaired) electrons. The lowest BCUT2D eigenvalue weighted by molar-refractivity contribution is 0.367. The van der Waals surface area contributed by atoms with E-state index in [0.717, 1.165) is 5.56 Å². The molecule has 0 aliphatic rings. The van der Waals surface area contributed by atoms with Crippen LogP contribution in [0.3, 0.4) is 0 Å². The van der Waals surface area contributed by atoms with Crippen LogP contribution in [0.5, 0.6) is 11.5 Å². The zero-order valence-electron chi connectivity index (χ0n) is 24.0. The Morgan fingerprint density at radius 1 is 0.767 bits per heavy atom. The number of benzene rings is 2. The second-order valence-electron chi connectivity index (χ2n) is 10.3. The fraction of sp³-hybridized carbons (Fsp3) is 0.400. The lowest BCUT2D eigenvalue weighted by Gasteiger charge is -2.25. The van der Waals surface area contributed by atoms with Crippen LogP contribution >= 0.6 is 7.14 Å². The van der Waals surface area contributed by atoms with E-state index in [2.05, 4.69) is 0 Å². The molecule has 0 aliphatic carbocycles. The molecule has 4 rings (SSSR count). The fourth-order valence-corrected chi connectivity index (χ4v) is 10.5. The van der Waals surface area contributed by atoms with E-state index in [9.17, 15) is 27.1 Å².